The van der Waals surface area contributed by atoms with Gasteiger partial charge >= 0.3 is 0 Å². The van der Waals surface area contributed by atoms with Gasteiger partial charge < -0.3 is 9.30 Å². The molecular formula is C20H18N6O4S. The lowest BCUT2D eigenvalue weighted by Gasteiger charge is -2.20. The van der Waals surface area contributed by atoms with Gasteiger partial charge in [0.1, 0.15) is 5.75 Å². The predicted molar refractivity (Wildman–Crippen MR) is 119 cm³/mol. The van der Waals surface area contributed by atoms with Gasteiger partial charge in [-0.2, -0.15) is 15.1 Å². The number of hydrogen-bond acceptors (Lipinski definition) is 7. The lowest BCUT2D eigenvalue weighted by molar-refractivity contribution is -0.384. The monoisotopic (exact) mass is 438 g/mol. The molecule has 11 heteroatoms. The van der Waals surface area contributed by atoms with Crippen LogP contribution in [0.4, 0.5) is 5.69 Å². The summed E-state index contributed by atoms with van der Waals surface area (Å²) in [5.41, 5.74) is 3.04. The second-order valence-electron chi connectivity index (χ2n) is 6.91. The number of hydrogen-bond donors (Lipinski definition) is 1. The number of rotatable bonds is 4. The minimum absolute atomic E-state index is 0.0305. The maximum absolute atomic E-state index is 12.6. The van der Waals surface area contributed by atoms with E-state index in [1.54, 1.807) is 19.1 Å². The van der Waals surface area contributed by atoms with Crippen LogP contribution in [-0.2, 0) is 4.79 Å². The van der Waals surface area contributed by atoms with Crippen LogP contribution in [0.25, 0.3) is 11.8 Å². The van der Waals surface area contributed by atoms with E-state index in [-0.39, 0.29) is 17.1 Å². The van der Waals surface area contributed by atoms with E-state index in [0.29, 0.717) is 21.6 Å². The van der Waals surface area contributed by atoms with Gasteiger partial charge in [0.15, 0.2) is 5.84 Å². The van der Waals surface area contributed by atoms with Gasteiger partial charge in [0, 0.05) is 17.5 Å². The van der Waals surface area contributed by atoms with E-state index in [1.165, 1.54) is 36.0 Å². The molecule has 0 fully saturated rings. The van der Waals surface area contributed by atoms with Crippen LogP contribution < -0.4 is 4.74 Å². The Labute approximate surface area is 181 Å². The van der Waals surface area contributed by atoms with Gasteiger partial charge in [0.25, 0.3) is 11.6 Å². The molecule has 3 heterocycles. The van der Waals surface area contributed by atoms with Gasteiger partial charge in [-0.1, -0.05) is 0 Å². The summed E-state index contributed by atoms with van der Waals surface area (Å²) in [7, 11) is 1.45. The van der Waals surface area contributed by atoms with Crippen LogP contribution in [-0.4, -0.2) is 43.6 Å². The Hall–Kier alpha value is -3.73. The Balaban J connectivity index is 1.79. The number of thioether (sulfide) groups is 1. The second kappa shape index (κ2) is 7.51. The molecule has 1 amide bonds. The molecule has 0 unspecified atom stereocenters. The molecule has 0 bridgehead atoms. The molecule has 2 aliphatic rings. The second-order valence-corrected chi connectivity index (χ2v) is 8.07. The molecule has 158 valence electrons. The van der Waals surface area contributed by atoms with E-state index in [9.17, 15) is 14.9 Å². The normalized spacial score (nSPS) is 17.0. The maximum atomic E-state index is 12.6. The number of nitrogens with zero attached hydrogens (tertiary/aromatic N) is 5. The molecule has 1 N–H and O–H groups in total. The number of non-ortho nitro benzene ring substituents is 1. The van der Waals surface area contributed by atoms with Crippen LogP contribution in [0.5, 0.6) is 5.75 Å². The van der Waals surface area contributed by atoms with Gasteiger partial charge in [-0.3, -0.25) is 20.3 Å². The third-order valence-electron chi connectivity index (χ3n) is 4.94. The highest BCUT2D eigenvalue weighted by atomic mass is 32.2. The number of aromatic nitrogens is 1. The fourth-order valence-corrected chi connectivity index (χ4v) is 4.25. The molecule has 1 aromatic carbocycles. The van der Waals surface area contributed by atoms with Gasteiger partial charge in [0.2, 0.25) is 5.17 Å². The molecule has 10 nitrogen and oxygen atoms in total. The van der Waals surface area contributed by atoms with Crippen molar-refractivity contribution in [2.75, 3.05) is 7.11 Å². The lowest BCUT2D eigenvalue weighted by atomic mass is 10.1. The third-order valence-corrected chi connectivity index (χ3v) is 5.76. The molecular weight excluding hydrogens is 420 g/mol. The molecule has 2 aromatic rings. The Kier molecular flexibility index (Phi) is 4.97. The first-order chi connectivity index (χ1) is 14.7. The molecule has 2 aliphatic heterocycles. The van der Waals surface area contributed by atoms with Crippen molar-refractivity contribution in [2.45, 2.75) is 20.8 Å². The van der Waals surface area contributed by atoms with Crippen molar-refractivity contribution in [2.24, 2.45) is 10.1 Å². The van der Waals surface area contributed by atoms with Gasteiger partial charge in [-0.25, -0.2) is 0 Å². The van der Waals surface area contributed by atoms with Gasteiger partial charge in [0.05, 0.1) is 34.4 Å². The highest BCUT2D eigenvalue weighted by Crippen LogP contribution is 2.33. The molecule has 4 rings (SSSR count). The topological polar surface area (TPSA) is 126 Å². The summed E-state index contributed by atoms with van der Waals surface area (Å²) in [5, 5.41) is 26.2. The van der Waals surface area contributed by atoms with Crippen LogP contribution in [0.15, 0.2) is 39.9 Å². The Morgan fingerprint density at radius 1 is 1.26 bits per heavy atom. The summed E-state index contributed by atoms with van der Waals surface area (Å²) in [5.74, 6) is -0.173. The number of ether oxygens (including phenoxy) is 1. The van der Waals surface area contributed by atoms with Crippen molar-refractivity contribution in [3.8, 4) is 11.4 Å². The fourth-order valence-electron chi connectivity index (χ4n) is 3.51. The Morgan fingerprint density at radius 2 is 2.00 bits per heavy atom. The molecule has 0 saturated carbocycles. The van der Waals surface area contributed by atoms with E-state index in [2.05, 4.69) is 10.1 Å². The van der Waals surface area contributed by atoms with Crippen molar-refractivity contribution in [3.05, 3.63) is 56.9 Å². The molecule has 0 aliphatic carbocycles. The molecule has 1 aromatic heterocycles. The molecule has 0 radical (unpaired) electrons. The van der Waals surface area contributed by atoms with Gasteiger partial charge in [-0.15, -0.1) is 0 Å². The minimum atomic E-state index is -0.494. The number of benzene rings is 1. The van der Waals surface area contributed by atoms with Crippen molar-refractivity contribution in [3.63, 3.8) is 0 Å². The van der Waals surface area contributed by atoms with Crippen molar-refractivity contribution in [1.29, 1.82) is 5.41 Å². The van der Waals surface area contributed by atoms with Crippen molar-refractivity contribution in [1.82, 2.24) is 9.58 Å². The third kappa shape index (κ3) is 3.42. The SMILES string of the molecule is COc1cc([N+](=O)[O-])ccc1-n1c(C)cc(/C=C2/C(=N)N3N=C(C)SC3=NC2=O)c1C. The smallest absolute Gasteiger partial charge is 0.283 e. The van der Waals surface area contributed by atoms with Crippen LogP contribution in [0.1, 0.15) is 23.9 Å². The zero-order valence-corrected chi connectivity index (χ0v) is 18.0. The predicted octanol–water partition coefficient (Wildman–Crippen LogP) is 3.65. The number of carbonyl (C=O) groups is 1. The summed E-state index contributed by atoms with van der Waals surface area (Å²) in [4.78, 5) is 27.2. The Morgan fingerprint density at radius 3 is 2.68 bits per heavy atom. The summed E-state index contributed by atoms with van der Waals surface area (Å²) in [6.45, 7) is 5.53. The lowest BCUT2D eigenvalue weighted by Crippen LogP contribution is -2.35. The number of fused-ring (bicyclic) bond motifs is 1. The number of nitrogens with one attached hydrogen (secondary N) is 1. The van der Waals surface area contributed by atoms with Crippen LogP contribution in [0, 0.1) is 29.4 Å². The number of methoxy groups -OCH3 is 1. The first-order valence-corrected chi connectivity index (χ1v) is 10.0. The number of nitro benzene ring substituents is 1. The molecule has 0 saturated heterocycles. The van der Waals surface area contributed by atoms with Crippen molar-refractivity contribution < 1.29 is 14.5 Å². The van der Waals surface area contributed by atoms with Gasteiger partial charge in [-0.05, 0) is 56.3 Å². The highest BCUT2D eigenvalue weighted by molar-refractivity contribution is 8.26. The standard InChI is InChI=1S/C20H18N6O4S/c1-10-7-13(8-15-18(21)25-20(22-19(15)27)31-12(3)23-25)11(2)24(10)16-6-5-14(26(28)29)9-17(16)30-4/h5-9,21H,1-4H3/b15-8-,21-18?. The largest absolute Gasteiger partial charge is 0.494 e. The van der Waals surface area contributed by atoms with Crippen molar-refractivity contribution >= 4 is 45.5 Å². The highest BCUT2D eigenvalue weighted by Gasteiger charge is 2.34. The first-order valence-electron chi connectivity index (χ1n) is 9.20. The minimum Gasteiger partial charge on any atom is -0.494 e. The van der Waals surface area contributed by atoms with E-state index in [1.807, 2.05) is 24.5 Å². The zero-order chi connectivity index (χ0) is 22.4. The first kappa shape index (κ1) is 20.5. The number of nitro groups is 1. The molecule has 31 heavy (non-hydrogen) atoms. The summed E-state index contributed by atoms with van der Waals surface area (Å²) >= 11 is 1.25. The van der Waals surface area contributed by atoms with E-state index in [4.69, 9.17) is 10.1 Å². The fraction of sp³-hybridized carbons (Fsp3) is 0.200. The van der Waals surface area contributed by atoms with Crippen LogP contribution in [0.2, 0.25) is 0 Å². The quantitative estimate of drug-likeness (QED) is 0.441. The maximum Gasteiger partial charge on any atom is 0.283 e. The van der Waals surface area contributed by atoms with Crippen LogP contribution in [0.3, 0.4) is 0 Å². The average Bonchev–Trinajstić information content (AvgIpc) is 3.23. The van der Waals surface area contributed by atoms with Crippen LogP contribution >= 0.6 is 11.8 Å². The summed E-state index contributed by atoms with van der Waals surface area (Å²) in [6, 6.07) is 6.28. The Bertz CT molecular complexity index is 1260. The number of aliphatic imine (C=N–C) groups is 1. The van der Waals surface area contributed by atoms with E-state index < -0.39 is 10.8 Å². The molecule has 0 spiro atoms. The number of amides is 1. The summed E-state index contributed by atoms with van der Waals surface area (Å²) in [6.07, 6.45) is 1.62. The van der Waals surface area contributed by atoms with E-state index >= 15 is 0 Å². The average molecular weight is 438 g/mol. The number of carbonyl (C=O) groups excluding carboxylic acids is 1. The number of amidine groups is 2. The number of aryl methyl sites for hydroxylation is 1. The van der Waals surface area contributed by atoms with E-state index in [0.717, 1.165) is 17.0 Å². The number of hydrazone groups is 1. The zero-order valence-electron chi connectivity index (χ0n) is 17.2. The molecule has 0 atom stereocenters. The summed E-state index contributed by atoms with van der Waals surface area (Å²) < 4.78 is 7.26.